The molecule has 0 aliphatic carbocycles. The van der Waals surface area contributed by atoms with E-state index in [1.54, 1.807) is 24.7 Å². The van der Waals surface area contributed by atoms with E-state index in [4.69, 9.17) is 9.47 Å². The third-order valence-corrected chi connectivity index (χ3v) is 3.85. The Morgan fingerprint density at radius 3 is 2.38 bits per heavy atom. The molecule has 1 aromatic heterocycles. The van der Waals surface area contributed by atoms with Crippen molar-refractivity contribution in [3.05, 3.63) is 54.1 Å². The molecule has 2 atom stereocenters. The Balaban J connectivity index is 2.23. The summed E-state index contributed by atoms with van der Waals surface area (Å²) in [5, 5.41) is 0. The molecule has 2 aromatic rings. The molecule has 2 rings (SSSR count). The van der Waals surface area contributed by atoms with E-state index in [-0.39, 0.29) is 12.0 Å². The van der Waals surface area contributed by atoms with Gasteiger partial charge in [-0.25, -0.2) is 14.6 Å². The summed E-state index contributed by atoms with van der Waals surface area (Å²) in [7, 11) is 1.27. The van der Waals surface area contributed by atoms with Gasteiger partial charge >= 0.3 is 11.9 Å². The van der Waals surface area contributed by atoms with Gasteiger partial charge in [0.25, 0.3) is 0 Å². The third-order valence-electron chi connectivity index (χ3n) is 3.85. The second kappa shape index (κ2) is 7.77. The molecule has 6 nitrogen and oxygen atoms in total. The minimum atomic E-state index is -0.946. The number of hydrogen-bond acceptors (Lipinski definition) is 5. The highest BCUT2D eigenvalue weighted by molar-refractivity contribution is 5.90. The van der Waals surface area contributed by atoms with Gasteiger partial charge < -0.3 is 14.0 Å². The monoisotopic (exact) mass is 330 g/mol. The van der Waals surface area contributed by atoms with Crippen molar-refractivity contribution < 1.29 is 19.1 Å². The maximum Gasteiger partial charge on any atom is 0.357 e. The average Bonchev–Trinajstić information content (AvgIpc) is 3.08. The van der Waals surface area contributed by atoms with Gasteiger partial charge in [0, 0.05) is 5.92 Å². The van der Waals surface area contributed by atoms with E-state index in [9.17, 15) is 9.59 Å². The van der Waals surface area contributed by atoms with Gasteiger partial charge in [-0.15, -0.1) is 0 Å². The molecule has 0 N–H and O–H groups in total. The van der Waals surface area contributed by atoms with E-state index >= 15 is 0 Å². The van der Waals surface area contributed by atoms with Crippen LogP contribution in [0, 0.1) is 5.92 Å². The summed E-state index contributed by atoms with van der Waals surface area (Å²) < 4.78 is 11.8. The van der Waals surface area contributed by atoms with Crippen LogP contribution in [0.4, 0.5) is 0 Å². The Hall–Kier alpha value is -2.63. The van der Waals surface area contributed by atoms with Crippen molar-refractivity contribution in [1.29, 1.82) is 0 Å². The molecule has 0 fully saturated rings. The molecule has 0 aliphatic rings. The summed E-state index contributed by atoms with van der Waals surface area (Å²) >= 11 is 0. The van der Waals surface area contributed by atoms with E-state index in [1.807, 2.05) is 37.3 Å². The normalized spacial score (nSPS) is 13.4. The van der Waals surface area contributed by atoms with Crippen molar-refractivity contribution in [2.24, 2.45) is 5.92 Å². The highest BCUT2D eigenvalue weighted by Crippen LogP contribution is 2.21. The highest BCUT2D eigenvalue weighted by atomic mass is 16.6. The number of esters is 2. The first kappa shape index (κ1) is 17.7. The number of benzene rings is 1. The Morgan fingerprint density at radius 1 is 1.12 bits per heavy atom. The van der Waals surface area contributed by atoms with Crippen LogP contribution >= 0.6 is 0 Å². The smallest absolute Gasteiger partial charge is 0.357 e. The Labute approximate surface area is 141 Å². The maximum absolute atomic E-state index is 12.5. The van der Waals surface area contributed by atoms with Gasteiger partial charge in [0.1, 0.15) is 5.69 Å². The number of hydrogen-bond donors (Lipinski definition) is 0. The zero-order chi connectivity index (χ0) is 17.7. The number of rotatable bonds is 6. The molecule has 0 aliphatic heterocycles. The van der Waals surface area contributed by atoms with E-state index in [0.29, 0.717) is 5.69 Å². The summed E-state index contributed by atoms with van der Waals surface area (Å²) in [6.45, 7) is 5.55. The van der Waals surface area contributed by atoms with Gasteiger partial charge in [-0.3, -0.25) is 0 Å². The summed E-state index contributed by atoms with van der Waals surface area (Å²) in [5.74, 6) is -1.36. The number of aromatic nitrogens is 2. The van der Waals surface area contributed by atoms with E-state index in [0.717, 1.165) is 5.56 Å². The zero-order valence-corrected chi connectivity index (χ0v) is 14.3. The predicted octanol–water partition coefficient (Wildman–Crippen LogP) is 2.85. The van der Waals surface area contributed by atoms with E-state index in [1.165, 1.54) is 13.3 Å². The SMILES string of the molecule is COC(=O)C(OC(=O)c1cncn1[C@H](C)c1ccccc1)C(C)C. The van der Waals surface area contributed by atoms with Crippen molar-refractivity contribution in [2.75, 3.05) is 7.11 Å². The topological polar surface area (TPSA) is 70.4 Å². The minimum absolute atomic E-state index is 0.0909. The maximum atomic E-state index is 12.5. The van der Waals surface area contributed by atoms with Crippen molar-refractivity contribution >= 4 is 11.9 Å². The Kier molecular flexibility index (Phi) is 5.73. The molecule has 0 amide bonds. The molecule has 0 saturated heterocycles. The second-order valence-electron chi connectivity index (χ2n) is 5.87. The Morgan fingerprint density at radius 2 is 1.79 bits per heavy atom. The number of carbonyl (C=O) groups excluding carboxylic acids is 2. The van der Waals surface area contributed by atoms with E-state index in [2.05, 4.69) is 4.98 Å². The minimum Gasteiger partial charge on any atom is -0.466 e. The molecule has 6 heteroatoms. The first-order valence-corrected chi connectivity index (χ1v) is 7.81. The molecule has 0 radical (unpaired) electrons. The van der Waals surface area contributed by atoms with Crippen LogP contribution < -0.4 is 0 Å². The van der Waals surface area contributed by atoms with Crippen molar-refractivity contribution in [2.45, 2.75) is 32.9 Å². The molecule has 1 aromatic carbocycles. The fourth-order valence-corrected chi connectivity index (χ4v) is 2.41. The van der Waals surface area contributed by atoms with Crippen LogP contribution in [0.3, 0.4) is 0 Å². The largest absolute Gasteiger partial charge is 0.466 e. The van der Waals surface area contributed by atoms with Gasteiger partial charge in [0.2, 0.25) is 6.10 Å². The van der Waals surface area contributed by atoms with Crippen molar-refractivity contribution in [3.63, 3.8) is 0 Å². The number of ether oxygens (including phenoxy) is 2. The Bertz CT molecular complexity index is 694. The molecule has 128 valence electrons. The summed E-state index contributed by atoms with van der Waals surface area (Å²) in [6, 6.07) is 9.67. The van der Waals surface area contributed by atoms with Crippen LogP contribution in [0.2, 0.25) is 0 Å². The lowest BCUT2D eigenvalue weighted by molar-refractivity contribution is -0.153. The standard InChI is InChI=1S/C18H22N2O4/c1-12(2)16(18(22)23-4)24-17(21)15-10-19-11-20(15)13(3)14-8-6-5-7-9-14/h5-13,16H,1-4H3/t13-,16?/m1/s1. The van der Waals surface area contributed by atoms with Crippen LogP contribution in [0.1, 0.15) is 42.9 Å². The number of carbonyl (C=O) groups is 2. The van der Waals surface area contributed by atoms with Crippen molar-refractivity contribution in [1.82, 2.24) is 9.55 Å². The molecule has 1 unspecified atom stereocenters. The molecule has 0 saturated carbocycles. The van der Waals surface area contributed by atoms with Gasteiger partial charge in [-0.2, -0.15) is 0 Å². The van der Waals surface area contributed by atoms with Gasteiger partial charge in [0.05, 0.1) is 25.7 Å². The fraction of sp³-hybridized carbons (Fsp3) is 0.389. The summed E-state index contributed by atoms with van der Waals surface area (Å²) in [4.78, 5) is 28.3. The fourth-order valence-electron chi connectivity index (χ4n) is 2.41. The summed E-state index contributed by atoms with van der Waals surface area (Å²) in [6.07, 6.45) is 2.07. The van der Waals surface area contributed by atoms with Crippen LogP contribution in [0.25, 0.3) is 0 Å². The van der Waals surface area contributed by atoms with Crippen LogP contribution in [0.5, 0.6) is 0 Å². The molecular formula is C18H22N2O4. The predicted molar refractivity (Wildman–Crippen MR) is 88.5 cm³/mol. The number of methoxy groups -OCH3 is 1. The average molecular weight is 330 g/mol. The van der Waals surface area contributed by atoms with Crippen LogP contribution in [0.15, 0.2) is 42.9 Å². The quantitative estimate of drug-likeness (QED) is 0.762. The molecule has 0 spiro atoms. The van der Waals surface area contributed by atoms with Gasteiger partial charge in [-0.05, 0) is 12.5 Å². The molecule has 24 heavy (non-hydrogen) atoms. The second-order valence-corrected chi connectivity index (χ2v) is 5.87. The summed E-state index contributed by atoms with van der Waals surface area (Å²) in [5.41, 5.74) is 1.33. The lowest BCUT2D eigenvalue weighted by atomic mass is 10.1. The van der Waals surface area contributed by atoms with Crippen LogP contribution in [-0.4, -0.2) is 34.7 Å². The van der Waals surface area contributed by atoms with Gasteiger partial charge in [0.15, 0.2) is 0 Å². The van der Waals surface area contributed by atoms with Crippen LogP contribution in [-0.2, 0) is 14.3 Å². The highest BCUT2D eigenvalue weighted by Gasteiger charge is 2.29. The molecule has 1 heterocycles. The van der Waals surface area contributed by atoms with Crippen molar-refractivity contribution in [3.8, 4) is 0 Å². The first-order chi connectivity index (χ1) is 11.5. The van der Waals surface area contributed by atoms with E-state index < -0.39 is 18.0 Å². The lowest BCUT2D eigenvalue weighted by Gasteiger charge is -2.20. The first-order valence-electron chi connectivity index (χ1n) is 7.81. The zero-order valence-electron chi connectivity index (χ0n) is 14.3. The number of imidazole rings is 1. The lowest BCUT2D eigenvalue weighted by Crippen LogP contribution is -2.33. The molecular weight excluding hydrogens is 308 g/mol. The third kappa shape index (κ3) is 3.82. The number of nitrogens with zero attached hydrogens (tertiary/aromatic N) is 2. The molecule has 0 bridgehead atoms. The van der Waals surface area contributed by atoms with Gasteiger partial charge in [-0.1, -0.05) is 44.2 Å².